The molecule has 1 N–H and O–H groups in total. The van der Waals surface area contributed by atoms with Gasteiger partial charge in [-0.05, 0) is 0 Å². The van der Waals surface area contributed by atoms with E-state index in [1.165, 1.54) is 4.90 Å². The average Bonchev–Trinajstić information content (AvgIpc) is 2.66. The summed E-state index contributed by atoms with van der Waals surface area (Å²) in [6, 6.07) is 0. The average molecular weight is 180 g/mol. The zero-order valence-electron chi connectivity index (χ0n) is 7.32. The minimum absolute atomic E-state index is 0.0418. The lowest BCUT2D eigenvalue weighted by Gasteiger charge is -2.12. The Hall–Kier alpha value is -1.16. The molecular formula is C9H12N2O2. The Balaban J connectivity index is 2.21. The standard InChI is InChI=1S/C9H12N2O2/c1-2-3-11-8(12)6-4-10-5-7(6)9(11)13/h2,6-7,10H,1,3-5H2. The number of fused-ring (bicyclic) bond motifs is 1. The van der Waals surface area contributed by atoms with Gasteiger partial charge in [-0.3, -0.25) is 14.5 Å². The summed E-state index contributed by atoms with van der Waals surface area (Å²) >= 11 is 0. The van der Waals surface area contributed by atoms with E-state index in [0.29, 0.717) is 19.6 Å². The van der Waals surface area contributed by atoms with E-state index in [1.807, 2.05) is 0 Å². The summed E-state index contributed by atoms with van der Waals surface area (Å²) in [5, 5.41) is 3.05. The van der Waals surface area contributed by atoms with Crippen molar-refractivity contribution >= 4 is 11.8 Å². The molecule has 0 aromatic heterocycles. The molecule has 2 aliphatic heterocycles. The highest BCUT2D eigenvalue weighted by Gasteiger charge is 2.49. The molecule has 4 nitrogen and oxygen atoms in total. The quantitative estimate of drug-likeness (QED) is 0.455. The minimum atomic E-state index is -0.118. The number of imide groups is 1. The van der Waals surface area contributed by atoms with Crippen LogP contribution in [-0.2, 0) is 9.59 Å². The summed E-state index contributed by atoms with van der Waals surface area (Å²) in [5.74, 6) is -0.320. The molecule has 0 aliphatic carbocycles. The highest BCUT2D eigenvalue weighted by Crippen LogP contribution is 2.28. The van der Waals surface area contributed by atoms with Crippen LogP contribution in [0.25, 0.3) is 0 Å². The van der Waals surface area contributed by atoms with Crippen LogP contribution in [-0.4, -0.2) is 36.3 Å². The van der Waals surface area contributed by atoms with E-state index in [4.69, 9.17) is 0 Å². The van der Waals surface area contributed by atoms with Crippen molar-refractivity contribution in [1.29, 1.82) is 0 Å². The van der Waals surface area contributed by atoms with Crippen molar-refractivity contribution in [2.75, 3.05) is 19.6 Å². The van der Waals surface area contributed by atoms with Crippen LogP contribution < -0.4 is 5.32 Å². The molecule has 0 spiro atoms. The molecule has 2 fully saturated rings. The second kappa shape index (κ2) is 2.96. The highest BCUT2D eigenvalue weighted by atomic mass is 16.2. The van der Waals surface area contributed by atoms with E-state index >= 15 is 0 Å². The van der Waals surface area contributed by atoms with Crippen LogP contribution in [0, 0.1) is 11.8 Å². The zero-order chi connectivity index (χ0) is 9.42. The van der Waals surface area contributed by atoms with E-state index in [-0.39, 0.29) is 23.7 Å². The van der Waals surface area contributed by atoms with Gasteiger partial charge in [-0.1, -0.05) is 6.08 Å². The van der Waals surface area contributed by atoms with Crippen molar-refractivity contribution < 1.29 is 9.59 Å². The molecule has 4 heteroatoms. The van der Waals surface area contributed by atoms with Gasteiger partial charge in [0, 0.05) is 19.6 Å². The molecule has 2 saturated heterocycles. The summed E-state index contributed by atoms with van der Waals surface area (Å²) in [6.07, 6.45) is 1.59. The second-order valence-electron chi connectivity index (χ2n) is 3.45. The van der Waals surface area contributed by atoms with Crippen molar-refractivity contribution in [1.82, 2.24) is 10.2 Å². The molecule has 0 radical (unpaired) electrons. The molecule has 2 aliphatic rings. The molecule has 2 heterocycles. The number of carbonyl (C=O) groups excluding carboxylic acids is 2. The van der Waals surface area contributed by atoms with Gasteiger partial charge in [-0.2, -0.15) is 0 Å². The van der Waals surface area contributed by atoms with Gasteiger partial charge in [0.2, 0.25) is 11.8 Å². The van der Waals surface area contributed by atoms with Gasteiger partial charge in [0.1, 0.15) is 0 Å². The Morgan fingerprint density at radius 2 is 1.92 bits per heavy atom. The molecule has 2 rings (SSSR count). The van der Waals surface area contributed by atoms with E-state index in [9.17, 15) is 9.59 Å². The fourth-order valence-corrected chi connectivity index (χ4v) is 2.02. The number of rotatable bonds is 2. The predicted octanol–water partition coefficient (Wildman–Crippen LogP) is -0.623. The summed E-state index contributed by atoms with van der Waals surface area (Å²) in [6.45, 7) is 5.16. The molecule has 70 valence electrons. The molecule has 0 aromatic rings. The molecule has 2 atom stereocenters. The lowest BCUT2D eigenvalue weighted by molar-refractivity contribution is -0.139. The van der Waals surface area contributed by atoms with E-state index in [1.54, 1.807) is 6.08 Å². The normalized spacial score (nSPS) is 32.5. The number of hydrogen-bond donors (Lipinski definition) is 1. The Morgan fingerprint density at radius 3 is 2.38 bits per heavy atom. The second-order valence-corrected chi connectivity index (χ2v) is 3.45. The van der Waals surface area contributed by atoms with E-state index in [2.05, 4.69) is 11.9 Å². The number of nitrogens with one attached hydrogen (secondary N) is 1. The van der Waals surface area contributed by atoms with Gasteiger partial charge in [-0.25, -0.2) is 0 Å². The van der Waals surface area contributed by atoms with Crippen molar-refractivity contribution in [3.63, 3.8) is 0 Å². The fraction of sp³-hybridized carbons (Fsp3) is 0.556. The molecule has 13 heavy (non-hydrogen) atoms. The SMILES string of the molecule is C=CCN1C(=O)C2CNCC2C1=O. The van der Waals surface area contributed by atoms with E-state index in [0.717, 1.165) is 0 Å². The van der Waals surface area contributed by atoms with Crippen molar-refractivity contribution in [3.8, 4) is 0 Å². The molecule has 2 amide bonds. The van der Waals surface area contributed by atoms with Gasteiger partial charge in [-0.15, -0.1) is 6.58 Å². The summed E-state index contributed by atoms with van der Waals surface area (Å²) < 4.78 is 0. The molecular weight excluding hydrogens is 168 g/mol. The number of amides is 2. The predicted molar refractivity (Wildman–Crippen MR) is 46.8 cm³/mol. The maximum Gasteiger partial charge on any atom is 0.234 e. The van der Waals surface area contributed by atoms with Gasteiger partial charge >= 0.3 is 0 Å². The highest BCUT2D eigenvalue weighted by molar-refractivity contribution is 6.05. The van der Waals surface area contributed by atoms with Gasteiger partial charge < -0.3 is 5.32 Å². The van der Waals surface area contributed by atoms with Gasteiger partial charge in [0.05, 0.1) is 11.8 Å². The molecule has 0 bridgehead atoms. The monoisotopic (exact) mass is 180 g/mol. The summed E-state index contributed by atoms with van der Waals surface area (Å²) in [5.41, 5.74) is 0. The van der Waals surface area contributed by atoms with Crippen LogP contribution in [0.15, 0.2) is 12.7 Å². The molecule has 0 aromatic carbocycles. The maximum absolute atomic E-state index is 11.6. The Bertz CT molecular complexity index is 253. The van der Waals surface area contributed by atoms with Crippen LogP contribution >= 0.6 is 0 Å². The Kier molecular flexibility index (Phi) is 1.92. The van der Waals surface area contributed by atoms with Crippen LogP contribution in [0.3, 0.4) is 0 Å². The van der Waals surface area contributed by atoms with Crippen LogP contribution in [0.5, 0.6) is 0 Å². The topological polar surface area (TPSA) is 49.4 Å². The largest absolute Gasteiger partial charge is 0.315 e. The number of carbonyl (C=O) groups is 2. The van der Waals surface area contributed by atoms with E-state index < -0.39 is 0 Å². The number of likely N-dealkylation sites (tertiary alicyclic amines) is 1. The first-order valence-electron chi connectivity index (χ1n) is 4.42. The lowest BCUT2D eigenvalue weighted by Crippen LogP contribution is -2.34. The fourth-order valence-electron chi connectivity index (χ4n) is 2.02. The van der Waals surface area contributed by atoms with Gasteiger partial charge in [0.25, 0.3) is 0 Å². The molecule has 2 unspecified atom stereocenters. The molecule has 0 saturated carbocycles. The third-order valence-electron chi connectivity index (χ3n) is 2.69. The number of nitrogens with zero attached hydrogens (tertiary/aromatic N) is 1. The first-order chi connectivity index (χ1) is 6.25. The summed E-state index contributed by atoms with van der Waals surface area (Å²) in [4.78, 5) is 24.5. The maximum atomic E-state index is 11.6. The van der Waals surface area contributed by atoms with Gasteiger partial charge in [0.15, 0.2) is 0 Å². The van der Waals surface area contributed by atoms with Crippen LogP contribution in [0.2, 0.25) is 0 Å². The first kappa shape index (κ1) is 8.44. The third-order valence-corrected chi connectivity index (χ3v) is 2.69. The Morgan fingerprint density at radius 1 is 1.38 bits per heavy atom. The van der Waals surface area contributed by atoms with Crippen molar-refractivity contribution in [2.24, 2.45) is 11.8 Å². The smallest absolute Gasteiger partial charge is 0.234 e. The zero-order valence-corrected chi connectivity index (χ0v) is 7.32. The first-order valence-corrected chi connectivity index (χ1v) is 4.42. The Labute approximate surface area is 76.6 Å². The van der Waals surface area contributed by atoms with Crippen molar-refractivity contribution in [2.45, 2.75) is 0 Å². The van der Waals surface area contributed by atoms with Crippen LogP contribution in [0.1, 0.15) is 0 Å². The lowest BCUT2D eigenvalue weighted by atomic mass is 10.00. The van der Waals surface area contributed by atoms with Crippen molar-refractivity contribution in [3.05, 3.63) is 12.7 Å². The third kappa shape index (κ3) is 1.09. The number of hydrogen-bond acceptors (Lipinski definition) is 3. The van der Waals surface area contributed by atoms with Crippen LogP contribution in [0.4, 0.5) is 0 Å². The minimum Gasteiger partial charge on any atom is -0.315 e. The summed E-state index contributed by atoms with van der Waals surface area (Å²) in [7, 11) is 0.